The van der Waals surface area contributed by atoms with Crippen molar-refractivity contribution in [2.24, 2.45) is 5.73 Å². The number of unbranched alkanes of at least 4 members (excludes halogenated alkanes) is 1. The van der Waals surface area contributed by atoms with E-state index in [2.05, 4.69) is 173 Å². The summed E-state index contributed by atoms with van der Waals surface area (Å²) in [6.07, 6.45) is 27.3. The van der Waals surface area contributed by atoms with Crippen LogP contribution in [0.2, 0.25) is 0 Å². The number of anilines is 4. The Bertz CT molecular complexity index is 4390. The number of aliphatic hydroxyl groups excluding tert-OH is 8. The summed E-state index contributed by atoms with van der Waals surface area (Å²) in [5.74, 6) is 2.57. The van der Waals surface area contributed by atoms with Crippen LogP contribution >= 0.6 is 27.5 Å². The summed E-state index contributed by atoms with van der Waals surface area (Å²) in [5, 5.41) is 96.7. The molecule has 0 saturated carbocycles. The summed E-state index contributed by atoms with van der Waals surface area (Å²) >= 11 is 0. The highest BCUT2D eigenvalue weighted by Gasteiger charge is 2.48. The summed E-state index contributed by atoms with van der Waals surface area (Å²) in [7, 11) is 0. The first-order valence-electron chi connectivity index (χ1n) is 37.5. The molecule has 12 heterocycles. The van der Waals surface area contributed by atoms with Crippen LogP contribution in [0.4, 0.5) is 23.3 Å². The van der Waals surface area contributed by atoms with Gasteiger partial charge in [0.2, 0.25) is 0 Å². The van der Waals surface area contributed by atoms with E-state index in [1.807, 2.05) is 6.92 Å². The summed E-state index contributed by atoms with van der Waals surface area (Å²) in [6, 6.07) is 0. The fourth-order valence-corrected chi connectivity index (χ4v) is 16.6. The van der Waals surface area contributed by atoms with Crippen molar-refractivity contribution in [1.82, 2.24) is 78.1 Å². The molecule has 606 valence electrons. The molecule has 8 aromatic rings. The van der Waals surface area contributed by atoms with Crippen LogP contribution in [-0.2, 0) is 23.7 Å². The van der Waals surface area contributed by atoms with Crippen LogP contribution in [-0.4, -0.2) is 341 Å². The highest BCUT2D eigenvalue weighted by Crippen LogP contribution is 2.45. The number of imidazole rings is 4. The van der Waals surface area contributed by atoms with Gasteiger partial charge in [-0.15, -0.1) is 52.7 Å². The number of hydrogen-bond donors (Lipinski definition) is 13. The Balaban J connectivity index is 0.000000168. The number of fused-ring (bicyclic) bond motifs is 4. The molecule has 0 aromatic carbocycles. The normalized spacial score (nSPS) is 25.8. The molecule has 14 N–H and O–H groups in total. The number of aliphatic hydroxyl groups is 8. The van der Waals surface area contributed by atoms with E-state index in [-0.39, 0.29) is 0 Å². The summed E-state index contributed by atoms with van der Waals surface area (Å²) in [6.45, 7) is 23.4. The van der Waals surface area contributed by atoms with Crippen LogP contribution < -0.4 is 27.0 Å². The molecule has 12 rings (SSSR count). The molecule has 0 bridgehead atoms. The summed E-state index contributed by atoms with van der Waals surface area (Å²) in [5.41, 5.74) is 10.2. The first-order valence-corrected chi connectivity index (χ1v) is 49.7. The Labute approximate surface area is 638 Å². The van der Waals surface area contributed by atoms with Crippen LogP contribution in [0.5, 0.6) is 0 Å². The third-order valence-corrected chi connectivity index (χ3v) is 24.8. The largest absolute Gasteiger partial charge is 0.388 e. The predicted octanol–water partition coefficient (Wildman–Crippen LogP) is 4.81. The molecular formula is C71H119N21O13P4. The Morgan fingerprint density at radius 3 is 0.917 bits per heavy atom. The first-order chi connectivity index (χ1) is 51.8. The Morgan fingerprint density at radius 2 is 0.651 bits per heavy atom. The smallest absolute Gasteiger partial charge is 0.167 e. The van der Waals surface area contributed by atoms with Gasteiger partial charge in [-0.05, 0) is 143 Å². The van der Waals surface area contributed by atoms with Crippen molar-refractivity contribution in [3.63, 3.8) is 0 Å². The van der Waals surface area contributed by atoms with E-state index < -0.39 is 126 Å². The van der Waals surface area contributed by atoms with Gasteiger partial charge in [-0.3, -0.25) is 18.3 Å². The van der Waals surface area contributed by atoms with Gasteiger partial charge < -0.3 is 91.5 Å². The van der Waals surface area contributed by atoms with E-state index in [0.29, 0.717) is 126 Å². The van der Waals surface area contributed by atoms with Crippen molar-refractivity contribution in [3.8, 4) is 0 Å². The number of nitrogens with one attached hydrogen (secondary N) is 4. The molecule has 4 aliphatic rings. The molecule has 0 radical (unpaired) electrons. The zero-order valence-electron chi connectivity index (χ0n) is 65.0. The molecule has 4 fully saturated rings. The van der Waals surface area contributed by atoms with Crippen molar-refractivity contribution in [3.05, 3.63) is 50.6 Å². The number of nitrogens with zero attached hydrogens (tertiary/aromatic N) is 16. The minimum atomic E-state index is -1.25. The second kappa shape index (κ2) is 39.2. The minimum Gasteiger partial charge on any atom is -0.388 e. The number of hydrogen-bond acceptors (Lipinski definition) is 30. The van der Waals surface area contributed by atoms with Gasteiger partial charge in [-0.2, -0.15) is 0 Å². The molecule has 38 heteroatoms. The molecule has 4 saturated heterocycles. The minimum absolute atomic E-state index is 0.423. The zero-order chi connectivity index (χ0) is 79.1. The second-order valence-corrected chi connectivity index (χ2v) is 48.2. The molecule has 16 atom stereocenters. The van der Waals surface area contributed by atoms with Crippen LogP contribution in [0.15, 0.2) is 50.6 Å². The Kier molecular flexibility index (Phi) is 31.3. The lowest BCUT2D eigenvalue weighted by molar-refractivity contribution is -0.0353. The maximum atomic E-state index is 10.6. The van der Waals surface area contributed by atoms with E-state index in [1.54, 1.807) is 43.6 Å². The monoisotopic (exact) mass is 1600 g/mol. The Morgan fingerprint density at radius 1 is 0.376 bits per heavy atom. The molecule has 0 amide bonds. The molecular weight excluding hydrogens is 1480 g/mol. The highest BCUT2D eigenvalue weighted by atomic mass is 31.2. The average Bonchev–Trinajstić information content (AvgIpc) is 1.64. The van der Waals surface area contributed by atoms with Crippen molar-refractivity contribution < 1.29 is 64.5 Å². The second-order valence-electron chi connectivity index (χ2n) is 30.9. The highest BCUT2D eigenvalue weighted by molar-refractivity contribution is 7.73. The van der Waals surface area contributed by atoms with Gasteiger partial charge in [0, 0.05) is 39.4 Å². The number of ether oxygens (including phenoxy) is 5. The van der Waals surface area contributed by atoms with Crippen molar-refractivity contribution >= 4 is 121 Å². The standard InChI is InChI=1S/C20H35N6O4P.C18H30N5O3P.C17H28N5O3P.C16H26N5O3P/c1-31(2,3)11-6-14-16(27)17(28)20(30-14)26-13-25-15-18(23-12-24-19(15)26)22-8-5-10-29-9-4-7-21;1-5-6-8-19-16-13-17(21-10-20-16)23(11-22-13)18-15(25)14(24)12(26-18)7-9-27(2,3)4;1-5-7-18-15-12-16(20-9-19-15)22(10-21-12)17-14(24)13(23)11(25-17)6-8-26(2,3)4;1-5-17-14-11-15(19-8-18-14)21(9-20-11)16-13(23)12(22)10(24-16)6-7-25(2,3)4/h12-14,16-17,20,27-28H,1,4-11,21H2,2-3H3,(H,22,23,24);10-12,14-15,18,24-25H,2,5-9H2,1,3-4H3,(H,19,20,21);9-11,13-14,17,23-24H,2,5-8H2,1,3-4H3,(H,18,19,20);8-10,12-13,16,22-23H,2,5-7H2,1,3-4H3,(H,17,18,19)/t14-,16-,17-,20-;12-,14-,15-,18-;11-,13-,14-,17-;10-,12-,13-,16-/m1111/s1. The number of nitrogens with two attached hydrogens (primary N) is 1. The van der Waals surface area contributed by atoms with Crippen molar-refractivity contribution in [2.45, 2.75) is 177 Å². The lowest BCUT2D eigenvalue weighted by atomic mass is 10.1. The van der Waals surface area contributed by atoms with E-state index >= 15 is 0 Å². The van der Waals surface area contributed by atoms with Crippen molar-refractivity contribution in [1.29, 1.82) is 0 Å². The average molecular weight is 1600 g/mol. The molecule has 109 heavy (non-hydrogen) atoms. The quantitative estimate of drug-likeness (QED) is 0.0194. The maximum absolute atomic E-state index is 10.6. The molecule has 4 aliphatic heterocycles. The fraction of sp³-hybridized carbons (Fsp3) is 0.662. The molecule has 0 aliphatic carbocycles. The van der Waals surface area contributed by atoms with Crippen LogP contribution in [0.1, 0.15) is 103 Å². The SMILES string of the molecule is C=P(C)(C)CC[C@H]1O[C@@H](n2cnc3c(NCC)ncnc32)[C@H](O)[C@@H]1O.C=P(C)(C)CC[C@H]1O[C@@H](n2cnc3c(NCCC)ncnc32)[C@H](O)[C@@H]1O.C=P(C)(C)CC[C@H]1O[C@@H](n2cnc3c(NCCCC)ncnc32)[C@H](O)[C@@H]1O.C=P(C)(C)CC[C@H]1O[C@@H](n2cnc3c(NCCCOCCCN)ncnc32)[C@H](O)[C@@H]1O. The van der Waals surface area contributed by atoms with Gasteiger partial charge in [0.25, 0.3) is 0 Å². The Hall–Kier alpha value is -5.96. The molecule has 0 spiro atoms. The maximum Gasteiger partial charge on any atom is 0.167 e. The third kappa shape index (κ3) is 22.9. The first kappa shape index (κ1) is 87.0. The molecule has 34 nitrogen and oxygen atoms in total. The predicted molar refractivity (Wildman–Crippen MR) is 440 cm³/mol. The zero-order valence-corrected chi connectivity index (χ0v) is 68.5. The molecule has 0 unspecified atom stereocenters. The van der Waals surface area contributed by atoms with Gasteiger partial charge in [0.05, 0.1) is 49.7 Å². The lowest BCUT2D eigenvalue weighted by Gasteiger charge is -2.18. The van der Waals surface area contributed by atoms with Crippen LogP contribution in [0, 0.1) is 0 Å². The number of aromatic nitrogens is 16. The molecule has 8 aromatic heterocycles. The van der Waals surface area contributed by atoms with E-state index in [0.717, 1.165) is 69.8 Å². The fourth-order valence-electron chi connectivity index (χ4n) is 12.8. The van der Waals surface area contributed by atoms with E-state index in [4.69, 9.17) is 29.4 Å². The third-order valence-electron chi connectivity index (χ3n) is 18.9. The van der Waals surface area contributed by atoms with Gasteiger partial charge in [0.1, 0.15) is 74.1 Å². The van der Waals surface area contributed by atoms with Gasteiger partial charge in [0.15, 0.2) is 92.8 Å². The van der Waals surface area contributed by atoms with Gasteiger partial charge in [-0.25, -0.2) is 59.8 Å². The number of rotatable bonds is 33. The summed E-state index contributed by atoms with van der Waals surface area (Å²) in [4.78, 5) is 51.8. The van der Waals surface area contributed by atoms with Crippen molar-refractivity contribution in [2.75, 3.05) is 145 Å². The topological polar surface area (TPSA) is 457 Å². The summed E-state index contributed by atoms with van der Waals surface area (Å²) < 4.78 is 36.2. The van der Waals surface area contributed by atoms with Crippen LogP contribution in [0.25, 0.3) is 44.7 Å². The van der Waals surface area contributed by atoms with E-state index in [1.165, 1.54) is 25.3 Å². The lowest BCUT2D eigenvalue weighted by Crippen LogP contribution is -2.31. The van der Waals surface area contributed by atoms with Crippen LogP contribution in [0.3, 0.4) is 0 Å². The van der Waals surface area contributed by atoms with Gasteiger partial charge >= 0.3 is 0 Å². The van der Waals surface area contributed by atoms with Gasteiger partial charge in [-0.1, -0.05) is 20.3 Å². The van der Waals surface area contributed by atoms with E-state index in [9.17, 15) is 40.9 Å².